The molecule has 2 aliphatic heterocycles. The van der Waals surface area contributed by atoms with E-state index < -0.39 is 0 Å². The Kier molecular flexibility index (Phi) is 3.07. The van der Waals surface area contributed by atoms with Gasteiger partial charge in [-0.25, -0.2) is 9.98 Å². The molecule has 0 bridgehead atoms. The number of aromatic nitrogens is 1. The third kappa shape index (κ3) is 2.26. The number of hydrogen-bond acceptors (Lipinski definition) is 5. The fraction of sp³-hybridized carbons (Fsp3) is 0.444. The molecule has 3 heterocycles. The lowest BCUT2D eigenvalue weighted by Gasteiger charge is -2.12. The highest BCUT2D eigenvalue weighted by Crippen LogP contribution is 2.58. The molecule has 1 fully saturated rings. The molecular weight excluding hydrogens is 306 g/mol. The molecule has 2 aliphatic rings. The lowest BCUT2D eigenvalue weighted by Crippen LogP contribution is -2.26. The molecule has 0 N–H and O–H groups in total. The molecule has 1 unspecified atom stereocenters. The standard InChI is InChI=1S/C18H21N3OS/c1-12-10-23-15(19-12)14-18(4,16-20-17(2,3)11-22-16)21(14)13-8-6-5-7-9-13/h5-10,14H,11H2,1-4H3/t14-,18?,21?/m1/s1. The topological polar surface area (TPSA) is 37.5 Å². The summed E-state index contributed by atoms with van der Waals surface area (Å²) in [5, 5.41) is 3.24. The molecular formula is C18H21N3OS. The summed E-state index contributed by atoms with van der Waals surface area (Å²) in [6.45, 7) is 9.12. The Morgan fingerprint density at radius 2 is 1.96 bits per heavy atom. The van der Waals surface area contributed by atoms with Crippen molar-refractivity contribution >= 4 is 22.9 Å². The maximum atomic E-state index is 5.99. The number of nitrogens with zero attached hydrogens (tertiary/aromatic N) is 3. The van der Waals surface area contributed by atoms with Gasteiger partial charge in [0, 0.05) is 16.8 Å². The molecule has 1 aromatic heterocycles. The van der Waals surface area contributed by atoms with Crippen LogP contribution in [0.4, 0.5) is 5.69 Å². The molecule has 0 saturated carbocycles. The summed E-state index contributed by atoms with van der Waals surface area (Å²) in [7, 11) is 0. The molecule has 120 valence electrons. The van der Waals surface area contributed by atoms with Crippen LogP contribution in [0, 0.1) is 6.92 Å². The highest BCUT2D eigenvalue weighted by Gasteiger charge is 2.67. The molecule has 2 aromatic rings. The Morgan fingerprint density at radius 1 is 1.22 bits per heavy atom. The summed E-state index contributed by atoms with van der Waals surface area (Å²) in [5.74, 6) is 0.837. The van der Waals surface area contributed by atoms with Crippen molar-refractivity contribution in [2.75, 3.05) is 11.5 Å². The van der Waals surface area contributed by atoms with Crippen LogP contribution in [0.1, 0.15) is 37.5 Å². The van der Waals surface area contributed by atoms with Crippen molar-refractivity contribution in [1.82, 2.24) is 4.98 Å². The van der Waals surface area contributed by atoms with Gasteiger partial charge in [-0.3, -0.25) is 0 Å². The Labute approximate surface area is 140 Å². The zero-order valence-corrected chi connectivity index (χ0v) is 14.7. The third-order valence-electron chi connectivity index (χ3n) is 4.53. The van der Waals surface area contributed by atoms with E-state index in [1.165, 1.54) is 5.69 Å². The largest absolute Gasteiger partial charge is 0.477 e. The van der Waals surface area contributed by atoms with E-state index in [-0.39, 0.29) is 17.1 Å². The minimum Gasteiger partial charge on any atom is -0.477 e. The van der Waals surface area contributed by atoms with E-state index in [9.17, 15) is 0 Å². The maximum absolute atomic E-state index is 5.99. The van der Waals surface area contributed by atoms with Gasteiger partial charge in [0.15, 0.2) is 0 Å². The third-order valence-corrected chi connectivity index (χ3v) is 5.54. The van der Waals surface area contributed by atoms with Gasteiger partial charge in [0.05, 0.1) is 5.54 Å². The first kappa shape index (κ1) is 14.7. The molecule has 1 saturated heterocycles. The van der Waals surface area contributed by atoms with Gasteiger partial charge in [-0.2, -0.15) is 0 Å². The Morgan fingerprint density at radius 3 is 2.52 bits per heavy atom. The second kappa shape index (κ2) is 4.81. The fourth-order valence-corrected chi connectivity index (χ4v) is 4.31. The van der Waals surface area contributed by atoms with E-state index >= 15 is 0 Å². The number of hydrogen-bond donors (Lipinski definition) is 0. The number of para-hydroxylation sites is 1. The normalized spacial score (nSPS) is 28.4. The summed E-state index contributed by atoms with van der Waals surface area (Å²) >= 11 is 1.72. The van der Waals surface area contributed by atoms with E-state index in [4.69, 9.17) is 14.7 Å². The van der Waals surface area contributed by atoms with E-state index in [1.807, 2.05) is 13.0 Å². The molecule has 1 aromatic carbocycles. The van der Waals surface area contributed by atoms with Crippen LogP contribution in [-0.4, -0.2) is 28.6 Å². The summed E-state index contributed by atoms with van der Waals surface area (Å²) in [6, 6.07) is 10.6. The monoisotopic (exact) mass is 327 g/mol. The van der Waals surface area contributed by atoms with Gasteiger partial charge in [-0.1, -0.05) is 18.2 Å². The van der Waals surface area contributed by atoms with Gasteiger partial charge in [0.2, 0.25) is 5.90 Å². The van der Waals surface area contributed by atoms with Gasteiger partial charge in [0.1, 0.15) is 23.2 Å². The van der Waals surface area contributed by atoms with Crippen LogP contribution >= 0.6 is 11.3 Å². The number of aliphatic imine (C=N–C) groups is 1. The smallest absolute Gasteiger partial charge is 0.213 e. The molecule has 4 rings (SSSR count). The van der Waals surface area contributed by atoms with Crippen molar-refractivity contribution in [1.29, 1.82) is 0 Å². The highest BCUT2D eigenvalue weighted by molar-refractivity contribution is 7.09. The first-order chi connectivity index (χ1) is 10.9. The van der Waals surface area contributed by atoms with Crippen LogP contribution in [0.25, 0.3) is 0 Å². The number of thiazole rings is 1. The molecule has 0 spiro atoms. The molecule has 0 amide bonds. The van der Waals surface area contributed by atoms with E-state index in [1.54, 1.807) is 11.3 Å². The van der Waals surface area contributed by atoms with Crippen molar-refractivity contribution in [3.05, 3.63) is 46.4 Å². The number of ether oxygens (including phenoxy) is 1. The quantitative estimate of drug-likeness (QED) is 0.800. The molecule has 0 radical (unpaired) electrons. The predicted molar refractivity (Wildman–Crippen MR) is 94.4 cm³/mol. The van der Waals surface area contributed by atoms with Crippen molar-refractivity contribution in [3.63, 3.8) is 0 Å². The number of benzene rings is 1. The van der Waals surface area contributed by atoms with Crippen LogP contribution in [0.2, 0.25) is 0 Å². The number of rotatable bonds is 3. The Balaban J connectivity index is 1.77. The SMILES string of the molecule is Cc1csc([C@H]2N(c3ccccc3)C2(C)C2=NC(C)(C)CO2)n1. The minimum absolute atomic E-state index is 0.146. The molecule has 0 aliphatic carbocycles. The number of anilines is 1. The first-order valence-corrected chi connectivity index (χ1v) is 8.79. The fourth-order valence-electron chi connectivity index (χ4n) is 3.31. The van der Waals surface area contributed by atoms with Crippen LogP contribution in [-0.2, 0) is 4.74 Å². The molecule has 23 heavy (non-hydrogen) atoms. The summed E-state index contributed by atoms with van der Waals surface area (Å²) < 4.78 is 5.99. The second-order valence-electron chi connectivity index (χ2n) is 7.10. The van der Waals surface area contributed by atoms with Crippen LogP contribution in [0.5, 0.6) is 0 Å². The van der Waals surface area contributed by atoms with Crippen LogP contribution in [0.3, 0.4) is 0 Å². The number of aryl methyl sites for hydroxylation is 1. The van der Waals surface area contributed by atoms with Gasteiger partial charge in [-0.05, 0) is 39.8 Å². The van der Waals surface area contributed by atoms with E-state index in [0.717, 1.165) is 16.6 Å². The average molecular weight is 327 g/mol. The molecule has 4 nitrogen and oxygen atoms in total. The zero-order valence-electron chi connectivity index (χ0n) is 13.9. The van der Waals surface area contributed by atoms with E-state index in [0.29, 0.717) is 6.61 Å². The lowest BCUT2D eigenvalue weighted by atomic mass is 10.1. The van der Waals surface area contributed by atoms with Crippen molar-refractivity contribution in [3.8, 4) is 0 Å². The van der Waals surface area contributed by atoms with Crippen molar-refractivity contribution in [2.45, 2.75) is 44.8 Å². The highest BCUT2D eigenvalue weighted by atomic mass is 32.1. The minimum atomic E-state index is -0.251. The Hall–Kier alpha value is -1.88. The predicted octanol–water partition coefficient (Wildman–Crippen LogP) is 3.98. The van der Waals surface area contributed by atoms with Crippen LogP contribution < -0.4 is 4.90 Å². The second-order valence-corrected chi connectivity index (χ2v) is 7.99. The van der Waals surface area contributed by atoms with E-state index in [2.05, 4.69) is 55.3 Å². The maximum Gasteiger partial charge on any atom is 0.213 e. The Bertz CT molecular complexity index is 768. The van der Waals surface area contributed by atoms with Gasteiger partial charge >= 0.3 is 0 Å². The molecule has 5 heteroatoms. The first-order valence-electron chi connectivity index (χ1n) is 7.91. The lowest BCUT2D eigenvalue weighted by molar-refractivity contribution is 0.270. The average Bonchev–Trinajstić information content (AvgIpc) is 2.81. The summed E-state index contributed by atoms with van der Waals surface area (Å²) in [5.41, 5.74) is 1.86. The summed E-state index contributed by atoms with van der Waals surface area (Å²) in [4.78, 5) is 11.9. The molecule has 2 atom stereocenters. The summed E-state index contributed by atoms with van der Waals surface area (Å²) in [6.07, 6.45) is 0. The van der Waals surface area contributed by atoms with Crippen molar-refractivity contribution < 1.29 is 4.74 Å². The van der Waals surface area contributed by atoms with Gasteiger partial charge in [0.25, 0.3) is 0 Å². The zero-order chi connectivity index (χ0) is 16.2. The van der Waals surface area contributed by atoms with Crippen molar-refractivity contribution in [2.24, 2.45) is 4.99 Å². The van der Waals surface area contributed by atoms with Gasteiger partial charge < -0.3 is 9.64 Å². The van der Waals surface area contributed by atoms with Gasteiger partial charge in [-0.15, -0.1) is 11.3 Å². The van der Waals surface area contributed by atoms with Crippen LogP contribution in [0.15, 0.2) is 40.7 Å².